The van der Waals surface area contributed by atoms with E-state index in [1.165, 1.54) is 15.8 Å². The Morgan fingerprint density at radius 3 is 2.70 bits per heavy atom. The summed E-state index contributed by atoms with van der Waals surface area (Å²) in [5.74, 6) is -0.307. The van der Waals surface area contributed by atoms with Crippen LogP contribution in [0.25, 0.3) is 10.2 Å². The van der Waals surface area contributed by atoms with Gasteiger partial charge in [0, 0.05) is 6.54 Å². The van der Waals surface area contributed by atoms with Crippen molar-refractivity contribution in [3.63, 3.8) is 0 Å². The van der Waals surface area contributed by atoms with Gasteiger partial charge < -0.3 is 4.57 Å². The molecule has 0 saturated heterocycles. The van der Waals surface area contributed by atoms with Crippen LogP contribution in [0.5, 0.6) is 0 Å². The number of benzene rings is 2. The van der Waals surface area contributed by atoms with E-state index in [9.17, 15) is 4.79 Å². The molecule has 0 unspecified atom stereocenters. The lowest BCUT2D eigenvalue weighted by Crippen LogP contribution is -2.16. The third-order valence-corrected chi connectivity index (χ3v) is 5.29. The molecule has 3 nitrogen and oxygen atoms in total. The summed E-state index contributed by atoms with van der Waals surface area (Å²) in [6.45, 7) is 6.99. The molecule has 1 aromatic heterocycles. The predicted molar refractivity (Wildman–Crippen MR) is 96.3 cm³/mol. The Bertz CT molecular complexity index is 969. The Balaban J connectivity index is 2.22. The maximum absolute atomic E-state index is 12.5. The van der Waals surface area contributed by atoms with Crippen LogP contribution in [-0.2, 0) is 6.54 Å². The lowest BCUT2D eigenvalue weighted by molar-refractivity contribution is 0.0998. The van der Waals surface area contributed by atoms with E-state index in [0.717, 1.165) is 12.1 Å². The van der Waals surface area contributed by atoms with E-state index in [0.29, 0.717) is 15.4 Å². The molecule has 3 aromatic rings. The fourth-order valence-electron chi connectivity index (χ4n) is 2.69. The number of aromatic nitrogens is 1. The zero-order valence-electron chi connectivity index (χ0n) is 13.3. The summed E-state index contributed by atoms with van der Waals surface area (Å²) in [5.41, 5.74) is 3.97. The standard InChI is InChI=1S/C18H17ClN2OS/c1-4-21-15-10-11(2)9-12(3)16(15)23-18(21)20-17(22)13-7-5-6-8-14(13)19/h5-10H,4H2,1-3H3. The first-order valence-electron chi connectivity index (χ1n) is 7.45. The van der Waals surface area contributed by atoms with E-state index in [4.69, 9.17) is 11.6 Å². The molecule has 0 aliphatic rings. The van der Waals surface area contributed by atoms with Crippen LogP contribution in [0.15, 0.2) is 41.4 Å². The van der Waals surface area contributed by atoms with Crippen LogP contribution in [0.1, 0.15) is 28.4 Å². The number of rotatable bonds is 2. The topological polar surface area (TPSA) is 34.4 Å². The summed E-state index contributed by atoms with van der Waals surface area (Å²) in [5, 5.41) is 0.428. The van der Waals surface area contributed by atoms with Crippen molar-refractivity contribution in [3.05, 3.63) is 62.9 Å². The van der Waals surface area contributed by atoms with Gasteiger partial charge in [-0.05, 0) is 50.1 Å². The Labute approximate surface area is 143 Å². The maximum atomic E-state index is 12.5. The fourth-order valence-corrected chi connectivity index (χ4v) is 4.04. The van der Waals surface area contributed by atoms with Crippen molar-refractivity contribution >= 4 is 39.1 Å². The summed E-state index contributed by atoms with van der Waals surface area (Å²) in [6, 6.07) is 11.3. The minimum absolute atomic E-state index is 0.307. The molecule has 23 heavy (non-hydrogen) atoms. The number of hydrogen-bond acceptors (Lipinski definition) is 2. The van der Waals surface area contributed by atoms with E-state index in [1.54, 1.807) is 35.6 Å². The van der Waals surface area contributed by atoms with E-state index < -0.39 is 0 Å². The van der Waals surface area contributed by atoms with Gasteiger partial charge in [-0.1, -0.05) is 41.1 Å². The van der Waals surface area contributed by atoms with Crippen LogP contribution in [0.4, 0.5) is 0 Å². The van der Waals surface area contributed by atoms with Crippen molar-refractivity contribution < 1.29 is 4.79 Å². The molecule has 1 heterocycles. The molecule has 0 radical (unpaired) electrons. The van der Waals surface area contributed by atoms with Crippen molar-refractivity contribution in [1.82, 2.24) is 4.57 Å². The van der Waals surface area contributed by atoms with Crippen molar-refractivity contribution in [2.24, 2.45) is 4.99 Å². The van der Waals surface area contributed by atoms with Crippen molar-refractivity contribution in [2.75, 3.05) is 0 Å². The van der Waals surface area contributed by atoms with Crippen molar-refractivity contribution in [1.29, 1.82) is 0 Å². The third kappa shape index (κ3) is 2.96. The highest BCUT2D eigenvalue weighted by Gasteiger charge is 2.12. The van der Waals surface area contributed by atoms with Crippen molar-refractivity contribution in [2.45, 2.75) is 27.3 Å². The number of fused-ring (bicyclic) bond motifs is 1. The Kier molecular flexibility index (Phi) is 4.37. The van der Waals surface area contributed by atoms with Gasteiger partial charge in [0.1, 0.15) is 0 Å². The predicted octanol–water partition coefficient (Wildman–Crippen LogP) is 4.73. The lowest BCUT2D eigenvalue weighted by Gasteiger charge is -2.03. The molecule has 0 aliphatic heterocycles. The molecule has 5 heteroatoms. The lowest BCUT2D eigenvalue weighted by atomic mass is 10.1. The summed E-state index contributed by atoms with van der Waals surface area (Å²) in [4.78, 5) is 17.5. The second kappa shape index (κ2) is 6.30. The van der Waals surface area contributed by atoms with E-state index in [2.05, 4.69) is 42.5 Å². The van der Waals surface area contributed by atoms with Crippen LogP contribution >= 0.6 is 22.9 Å². The first kappa shape index (κ1) is 16.0. The molecule has 0 fully saturated rings. The minimum atomic E-state index is -0.307. The molecule has 118 valence electrons. The number of halogens is 1. The van der Waals surface area contributed by atoms with Gasteiger partial charge in [-0.15, -0.1) is 0 Å². The Hall–Kier alpha value is -1.91. The number of thiazole rings is 1. The first-order valence-corrected chi connectivity index (χ1v) is 8.65. The van der Waals surface area contributed by atoms with Gasteiger partial charge in [-0.3, -0.25) is 4.79 Å². The van der Waals surface area contributed by atoms with Crippen LogP contribution < -0.4 is 4.80 Å². The molecule has 0 aliphatic carbocycles. The summed E-state index contributed by atoms with van der Waals surface area (Å²) in [6.07, 6.45) is 0. The number of nitrogens with zero attached hydrogens (tertiary/aromatic N) is 2. The normalized spacial score (nSPS) is 12.1. The van der Waals surface area contributed by atoms with Gasteiger partial charge in [0.2, 0.25) is 0 Å². The first-order chi connectivity index (χ1) is 11.0. The SMILES string of the molecule is CCn1c(=NC(=O)c2ccccc2Cl)sc2c(C)cc(C)cc21. The third-order valence-electron chi connectivity index (χ3n) is 3.73. The van der Waals surface area contributed by atoms with Gasteiger partial charge in [0.15, 0.2) is 4.80 Å². The summed E-state index contributed by atoms with van der Waals surface area (Å²) < 4.78 is 3.25. The summed E-state index contributed by atoms with van der Waals surface area (Å²) >= 11 is 7.64. The van der Waals surface area contributed by atoms with Crippen LogP contribution in [-0.4, -0.2) is 10.5 Å². The van der Waals surface area contributed by atoms with E-state index in [1.807, 2.05) is 0 Å². The minimum Gasteiger partial charge on any atom is -0.317 e. The second-order valence-electron chi connectivity index (χ2n) is 5.46. The molecule has 0 bridgehead atoms. The summed E-state index contributed by atoms with van der Waals surface area (Å²) in [7, 11) is 0. The van der Waals surface area contributed by atoms with Gasteiger partial charge in [-0.25, -0.2) is 0 Å². The second-order valence-corrected chi connectivity index (χ2v) is 6.84. The number of amides is 1. The largest absolute Gasteiger partial charge is 0.317 e. The molecule has 0 N–H and O–H groups in total. The zero-order chi connectivity index (χ0) is 16.6. The Morgan fingerprint density at radius 1 is 1.26 bits per heavy atom. The van der Waals surface area contributed by atoms with Crippen LogP contribution in [0.3, 0.4) is 0 Å². The van der Waals surface area contributed by atoms with Crippen molar-refractivity contribution in [3.8, 4) is 0 Å². The average Bonchev–Trinajstić information content (AvgIpc) is 2.85. The fraction of sp³-hybridized carbons (Fsp3) is 0.222. The maximum Gasteiger partial charge on any atom is 0.281 e. The van der Waals surface area contributed by atoms with Crippen LogP contribution in [0.2, 0.25) is 5.02 Å². The number of aryl methyl sites for hydroxylation is 3. The molecular weight excluding hydrogens is 328 g/mol. The quantitative estimate of drug-likeness (QED) is 0.661. The molecule has 0 saturated carbocycles. The average molecular weight is 345 g/mol. The molecule has 3 rings (SSSR count). The number of hydrogen-bond donors (Lipinski definition) is 0. The van der Waals surface area contributed by atoms with Crippen LogP contribution in [0, 0.1) is 13.8 Å². The highest BCUT2D eigenvalue weighted by atomic mass is 35.5. The van der Waals surface area contributed by atoms with E-state index >= 15 is 0 Å². The smallest absolute Gasteiger partial charge is 0.281 e. The monoisotopic (exact) mass is 344 g/mol. The molecule has 2 aromatic carbocycles. The number of carbonyl (C=O) groups is 1. The highest BCUT2D eigenvalue weighted by Crippen LogP contribution is 2.23. The zero-order valence-corrected chi connectivity index (χ0v) is 14.8. The van der Waals surface area contributed by atoms with E-state index in [-0.39, 0.29) is 5.91 Å². The number of carbonyl (C=O) groups excluding carboxylic acids is 1. The highest BCUT2D eigenvalue weighted by molar-refractivity contribution is 7.16. The molecule has 1 amide bonds. The molecule has 0 spiro atoms. The van der Waals surface area contributed by atoms with Gasteiger partial charge in [0.25, 0.3) is 5.91 Å². The van der Waals surface area contributed by atoms with Gasteiger partial charge >= 0.3 is 0 Å². The van der Waals surface area contributed by atoms with Gasteiger partial charge in [0.05, 0.1) is 20.8 Å². The molecule has 0 atom stereocenters. The van der Waals surface area contributed by atoms with Gasteiger partial charge in [-0.2, -0.15) is 4.99 Å². The Morgan fingerprint density at radius 2 is 2.00 bits per heavy atom. The molecular formula is C18H17ClN2OS.